The number of rotatable bonds is 1. The maximum Gasteiger partial charge on any atom is -0.0771 e. The Morgan fingerprint density at radius 2 is 0.703 bits per heavy atom. The standard InChI is InChI=1S/2C13H9.C8H8.2ClH.Zr/c2*1-3-7-12-10(5-1)9-11-6-2-4-8-13(11)12;1-2-8-6-4-3-5-7-8;;;/h2*1-9H;3-7H,1H3;2*1H;/q2*-1;;;;+2/p-2. The van der Waals surface area contributed by atoms with Crippen LogP contribution in [0.4, 0.5) is 0 Å². The van der Waals surface area contributed by atoms with Crippen LogP contribution in [0.15, 0.2) is 140 Å². The fourth-order valence-electron chi connectivity index (χ4n) is 4.50. The van der Waals surface area contributed by atoms with Gasteiger partial charge in [0.25, 0.3) is 0 Å². The first-order valence-electron chi connectivity index (χ1n) is 11.9. The van der Waals surface area contributed by atoms with Gasteiger partial charge in [-0.05, 0) is 0 Å². The number of hydrogen-bond donors (Lipinski definition) is 0. The molecule has 0 N–H and O–H groups in total. The minimum Gasteiger partial charge on any atom is -1.00 e. The summed E-state index contributed by atoms with van der Waals surface area (Å²) in [6.07, 6.45) is 0. The summed E-state index contributed by atoms with van der Waals surface area (Å²) in [6, 6.07) is 49.0. The first-order valence-corrected chi connectivity index (χ1v) is 13.1. The Labute approximate surface area is 245 Å². The van der Waals surface area contributed by atoms with Crippen LogP contribution in [0.1, 0.15) is 12.5 Å². The van der Waals surface area contributed by atoms with Crippen molar-refractivity contribution < 1.29 is 49.0 Å². The zero-order chi connectivity index (χ0) is 24.0. The Morgan fingerprint density at radius 1 is 0.432 bits per heavy atom. The van der Waals surface area contributed by atoms with Crippen molar-refractivity contribution in [2.24, 2.45) is 0 Å². The number of halogens is 2. The van der Waals surface area contributed by atoms with Crippen molar-refractivity contribution in [3.63, 3.8) is 0 Å². The van der Waals surface area contributed by atoms with Crippen molar-refractivity contribution in [1.82, 2.24) is 0 Å². The molecule has 0 bridgehead atoms. The monoisotopic (exact) mass is 594 g/mol. The van der Waals surface area contributed by atoms with Crippen LogP contribution in [0, 0.1) is 0 Å². The van der Waals surface area contributed by atoms with Gasteiger partial charge in [-0.2, -0.15) is 0 Å². The van der Waals surface area contributed by atoms with Crippen LogP contribution >= 0.6 is 0 Å². The molecule has 7 aromatic carbocycles. The molecule has 182 valence electrons. The van der Waals surface area contributed by atoms with E-state index in [-0.39, 0.29) is 24.8 Å². The average Bonchev–Trinajstić information content (AvgIpc) is 3.48. The zero-order valence-electron chi connectivity index (χ0n) is 20.5. The summed E-state index contributed by atoms with van der Waals surface area (Å²) in [5, 5.41) is 10.8. The summed E-state index contributed by atoms with van der Waals surface area (Å²) in [7, 11) is 0. The predicted molar refractivity (Wildman–Crippen MR) is 150 cm³/mol. The van der Waals surface area contributed by atoms with Gasteiger partial charge in [-0.1, -0.05) is 72.8 Å². The molecule has 0 atom stereocenters. The first kappa shape index (κ1) is 28.7. The maximum atomic E-state index is 2.24. The van der Waals surface area contributed by atoms with Gasteiger partial charge in [-0.3, -0.25) is 0 Å². The number of hydrogen-bond acceptors (Lipinski definition) is 0. The quantitative estimate of drug-likeness (QED) is 0.256. The van der Waals surface area contributed by atoms with Crippen molar-refractivity contribution in [2.75, 3.05) is 0 Å². The van der Waals surface area contributed by atoms with Gasteiger partial charge in [0.15, 0.2) is 0 Å². The largest absolute Gasteiger partial charge is 1.00 e. The van der Waals surface area contributed by atoms with Crippen molar-refractivity contribution >= 4 is 46.3 Å². The summed E-state index contributed by atoms with van der Waals surface area (Å²) in [5.41, 5.74) is 1.37. The molecule has 0 fully saturated rings. The molecule has 0 amide bonds. The third-order valence-electron chi connectivity index (χ3n) is 6.25. The van der Waals surface area contributed by atoms with Crippen molar-refractivity contribution in [3.05, 3.63) is 145 Å². The molecule has 0 aromatic heterocycles. The van der Waals surface area contributed by atoms with Crippen LogP contribution in [0.2, 0.25) is 0 Å². The van der Waals surface area contributed by atoms with E-state index in [1.54, 1.807) is 0 Å². The number of fused-ring (bicyclic) bond motifs is 6. The average molecular weight is 597 g/mol. The van der Waals surface area contributed by atoms with E-state index in [0.29, 0.717) is 0 Å². The van der Waals surface area contributed by atoms with E-state index in [0.717, 1.165) is 0 Å². The minimum atomic E-state index is 0. The van der Waals surface area contributed by atoms with Gasteiger partial charge in [0.05, 0.1) is 0 Å². The van der Waals surface area contributed by atoms with Crippen LogP contribution in [-0.2, 0) is 24.2 Å². The van der Waals surface area contributed by atoms with E-state index < -0.39 is 0 Å². The molecule has 0 aliphatic carbocycles. The fraction of sp³-hybridized carbons (Fsp3) is 0.0294. The van der Waals surface area contributed by atoms with Crippen LogP contribution < -0.4 is 24.8 Å². The summed E-state index contributed by atoms with van der Waals surface area (Å²) in [4.78, 5) is 0. The first-order chi connectivity index (χ1) is 17.2. The Morgan fingerprint density at radius 3 is 0.973 bits per heavy atom. The van der Waals surface area contributed by atoms with Crippen molar-refractivity contribution in [2.45, 2.75) is 6.92 Å². The van der Waals surface area contributed by atoms with E-state index in [4.69, 9.17) is 0 Å². The fourth-order valence-corrected chi connectivity index (χ4v) is 4.91. The van der Waals surface area contributed by atoms with E-state index in [1.165, 1.54) is 76.1 Å². The molecule has 7 aromatic rings. The van der Waals surface area contributed by atoms with E-state index in [2.05, 4.69) is 140 Å². The Bertz CT molecular complexity index is 1520. The Balaban J connectivity index is 0.000000153. The van der Waals surface area contributed by atoms with Crippen LogP contribution in [0.25, 0.3) is 43.1 Å². The third-order valence-corrected chi connectivity index (χ3v) is 6.96. The van der Waals surface area contributed by atoms with Gasteiger partial charge in [0, 0.05) is 0 Å². The molecule has 0 nitrogen and oxygen atoms in total. The van der Waals surface area contributed by atoms with Crippen molar-refractivity contribution in [1.29, 1.82) is 0 Å². The Hall–Kier alpha value is -2.83. The molecule has 0 saturated carbocycles. The van der Waals surface area contributed by atoms with Crippen LogP contribution in [-0.4, -0.2) is 3.21 Å². The molecule has 0 aliphatic heterocycles. The van der Waals surface area contributed by atoms with Gasteiger partial charge < -0.3 is 24.8 Å². The molecular formula is C34H26Cl2Zr-2. The topological polar surface area (TPSA) is 0 Å². The van der Waals surface area contributed by atoms with Gasteiger partial charge in [0.1, 0.15) is 0 Å². The minimum absolute atomic E-state index is 0. The molecule has 37 heavy (non-hydrogen) atoms. The third kappa shape index (κ3) is 6.74. The molecular weight excluding hydrogens is 571 g/mol. The van der Waals surface area contributed by atoms with Gasteiger partial charge >= 0.3 is 70.3 Å². The van der Waals surface area contributed by atoms with Gasteiger partial charge in [0.2, 0.25) is 0 Å². The molecule has 0 spiro atoms. The van der Waals surface area contributed by atoms with Gasteiger partial charge in [-0.25, -0.2) is 0 Å². The molecule has 7 rings (SSSR count). The molecule has 3 heteroatoms. The zero-order valence-corrected chi connectivity index (χ0v) is 24.5. The normalized spacial score (nSPS) is 10.0. The maximum absolute atomic E-state index is 2.24. The smallest absolute Gasteiger partial charge is 0.0771 e. The van der Waals surface area contributed by atoms with E-state index in [1.807, 2.05) is 6.07 Å². The molecule has 0 heterocycles. The van der Waals surface area contributed by atoms with E-state index in [9.17, 15) is 0 Å². The van der Waals surface area contributed by atoms with Crippen molar-refractivity contribution in [3.8, 4) is 0 Å². The van der Waals surface area contributed by atoms with Gasteiger partial charge in [-0.15, -0.1) is 79.5 Å². The molecule has 0 aliphatic rings. The number of benzene rings is 5. The second-order valence-electron chi connectivity index (χ2n) is 8.63. The summed E-state index contributed by atoms with van der Waals surface area (Å²) in [5.74, 6) is 0. The second kappa shape index (κ2) is 13.6. The second-order valence-corrected chi connectivity index (χ2v) is 10.5. The summed E-state index contributed by atoms with van der Waals surface area (Å²) < 4.78 is 1.46. The summed E-state index contributed by atoms with van der Waals surface area (Å²) in [6.45, 7) is 2.16. The summed E-state index contributed by atoms with van der Waals surface area (Å²) >= 11 is 1.51. The van der Waals surface area contributed by atoms with E-state index >= 15 is 0 Å². The molecule has 0 saturated heterocycles. The molecule has 0 unspecified atom stereocenters. The molecule has 0 radical (unpaired) electrons. The SMILES string of the molecule is C[C](=[Zr+2])c1ccccc1.[Cl-].[Cl-].c1ccc2c(c1)[cH-]c1ccccc12.c1ccc2c(c1)[cH-]c1ccccc12. The van der Waals surface area contributed by atoms with Crippen LogP contribution in [0.3, 0.4) is 0 Å². The van der Waals surface area contributed by atoms with Crippen LogP contribution in [0.5, 0.6) is 0 Å². The Kier molecular flexibility index (Phi) is 10.6. The predicted octanol–water partition coefficient (Wildman–Crippen LogP) is 3.21.